The molecule has 2 aromatic heterocycles. The zero-order valence-corrected chi connectivity index (χ0v) is 11.4. The van der Waals surface area contributed by atoms with E-state index in [1.54, 1.807) is 24.3 Å². The fourth-order valence-corrected chi connectivity index (χ4v) is 2.06. The first-order valence-electron chi connectivity index (χ1n) is 6.00. The lowest BCUT2D eigenvalue weighted by Crippen LogP contribution is -2.33. The number of rotatable bonds is 2. The summed E-state index contributed by atoms with van der Waals surface area (Å²) in [5, 5.41) is 5.48. The third kappa shape index (κ3) is 2.84. The number of aromatic amines is 2. The van der Waals surface area contributed by atoms with E-state index in [0.717, 1.165) is 0 Å². The number of thiocarbonyl (C=S) groups is 1. The van der Waals surface area contributed by atoms with Crippen molar-refractivity contribution in [3.05, 3.63) is 52.8 Å². The molecule has 0 bridgehead atoms. The maximum absolute atomic E-state index is 11.7. The second kappa shape index (κ2) is 5.25. The van der Waals surface area contributed by atoms with E-state index < -0.39 is 5.91 Å². The first-order chi connectivity index (χ1) is 10.1. The zero-order chi connectivity index (χ0) is 14.8. The van der Waals surface area contributed by atoms with Gasteiger partial charge < -0.3 is 19.7 Å². The second-order valence-corrected chi connectivity index (χ2v) is 4.63. The molecule has 0 aliphatic rings. The number of carbonyl (C=O) groups excluding carboxylic acids is 1. The number of hydrogen-bond donors (Lipinski definition) is 4. The highest BCUT2D eigenvalue weighted by Gasteiger charge is 2.10. The molecule has 7 nitrogen and oxygen atoms in total. The van der Waals surface area contributed by atoms with Crippen molar-refractivity contribution in [2.75, 3.05) is 5.32 Å². The van der Waals surface area contributed by atoms with Crippen molar-refractivity contribution < 1.29 is 9.21 Å². The number of aromatic nitrogens is 2. The first-order valence-corrected chi connectivity index (χ1v) is 6.40. The molecule has 2 heterocycles. The van der Waals surface area contributed by atoms with Crippen molar-refractivity contribution in [3.8, 4) is 0 Å². The van der Waals surface area contributed by atoms with E-state index >= 15 is 0 Å². The van der Waals surface area contributed by atoms with Crippen molar-refractivity contribution >= 4 is 40.0 Å². The molecule has 0 aliphatic heterocycles. The molecule has 1 aromatic carbocycles. The van der Waals surface area contributed by atoms with Crippen molar-refractivity contribution in [2.24, 2.45) is 0 Å². The minimum Gasteiger partial charge on any atom is -0.459 e. The van der Waals surface area contributed by atoms with Gasteiger partial charge in [0.15, 0.2) is 10.9 Å². The molecular formula is C13H10N4O3S. The Morgan fingerprint density at radius 1 is 1.19 bits per heavy atom. The Balaban J connectivity index is 1.71. The minimum absolute atomic E-state index is 0.133. The number of nitrogens with one attached hydrogen (secondary N) is 4. The normalized spacial score (nSPS) is 10.5. The fourth-order valence-electron chi connectivity index (χ4n) is 1.85. The first kappa shape index (κ1) is 13.1. The van der Waals surface area contributed by atoms with Crippen LogP contribution in [0.4, 0.5) is 5.69 Å². The largest absolute Gasteiger partial charge is 0.459 e. The third-order valence-corrected chi connectivity index (χ3v) is 2.95. The van der Waals surface area contributed by atoms with Crippen molar-refractivity contribution in [2.45, 2.75) is 0 Å². The molecule has 21 heavy (non-hydrogen) atoms. The molecule has 8 heteroatoms. The summed E-state index contributed by atoms with van der Waals surface area (Å²) >= 11 is 5.05. The Hall–Kier alpha value is -2.87. The number of furan rings is 1. The number of carbonyl (C=O) groups is 1. The van der Waals surface area contributed by atoms with Crippen LogP contribution in [0.3, 0.4) is 0 Å². The Morgan fingerprint density at radius 2 is 2.00 bits per heavy atom. The van der Waals surface area contributed by atoms with E-state index in [2.05, 4.69) is 20.6 Å². The van der Waals surface area contributed by atoms with E-state index in [-0.39, 0.29) is 16.6 Å². The molecule has 3 rings (SSSR count). The van der Waals surface area contributed by atoms with E-state index in [1.807, 2.05) is 0 Å². The molecule has 106 valence electrons. The topological polar surface area (TPSA) is 103 Å². The Bertz CT molecular complexity index is 863. The van der Waals surface area contributed by atoms with Gasteiger partial charge in [-0.05, 0) is 42.5 Å². The van der Waals surface area contributed by atoms with Crippen LogP contribution >= 0.6 is 12.2 Å². The van der Waals surface area contributed by atoms with Gasteiger partial charge in [-0.1, -0.05) is 0 Å². The molecule has 0 saturated carbocycles. The SMILES string of the molecule is O=C(NC(=S)Nc1ccc2[nH]c(=O)[nH]c2c1)c1ccco1. The smallest absolute Gasteiger partial charge is 0.323 e. The highest BCUT2D eigenvalue weighted by molar-refractivity contribution is 7.80. The molecule has 0 radical (unpaired) electrons. The van der Waals surface area contributed by atoms with Crippen LogP contribution < -0.4 is 16.3 Å². The van der Waals surface area contributed by atoms with Gasteiger partial charge in [0.2, 0.25) is 0 Å². The number of fused-ring (bicyclic) bond motifs is 1. The summed E-state index contributed by atoms with van der Waals surface area (Å²) in [6.07, 6.45) is 1.40. The van der Waals surface area contributed by atoms with E-state index in [9.17, 15) is 9.59 Å². The average Bonchev–Trinajstić information content (AvgIpc) is 3.05. The molecule has 0 atom stereocenters. The lowest BCUT2D eigenvalue weighted by molar-refractivity contribution is 0.0950. The van der Waals surface area contributed by atoms with Gasteiger partial charge in [0.05, 0.1) is 17.3 Å². The molecular weight excluding hydrogens is 292 g/mol. The van der Waals surface area contributed by atoms with Crippen molar-refractivity contribution in [3.63, 3.8) is 0 Å². The number of H-pyrrole nitrogens is 2. The number of benzene rings is 1. The van der Waals surface area contributed by atoms with Gasteiger partial charge in [-0.2, -0.15) is 0 Å². The molecule has 0 aliphatic carbocycles. The summed E-state index contributed by atoms with van der Waals surface area (Å²) in [4.78, 5) is 28.2. The highest BCUT2D eigenvalue weighted by atomic mass is 32.1. The van der Waals surface area contributed by atoms with Crippen LogP contribution in [0.25, 0.3) is 11.0 Å². The summed E-state index contributed by atoms with van der Waals surface area (Å²) < 4.78 is 4.96. The van der Waals surface area contributed by atoms with E-state index in [1.165, 1.54) is 12.3 Å². The van der Waals surface area contributed by atoms with Crippen LogP contribution in [-0.2, 0) is 0 Å². The van der Waals surface area contributed by atoms with Crippen LogP contribution in [0.1, 0.15) is 10.6 Å². The van der Waals surface area contributed by atoms with E-state index in [0.29, 0.717) is 16.7 Å². The van der Waals surface area contributed by atoms with Crippen molar-refractivity contribution in [1.82, 2.24) is 15.3 Å². The molecule has 0 fully saturated rings. The number of hydrogen-bond acceptors (Lipinski definition) is 4. The highest BCUT2D eigenvalue weighted by Crippen LogP contribution is 2.14. The Kier molecular flexibility index (Phi) is 3.28. The van der Waals surface area contributed by atoms with Crippen LogP contribution in [0, 0.1) is 0 Å². The van der Waals surface area contributed by atoms with E-state index in [4.69, 9.17) is 16.6 Å². The van der Waals surface area contributed by atoms with Gasteiger partial charge >= 0.3 is 5.69 Å². The van der Waals surface area contributed by atoms with Gasteiger partial charge in [0.1, 0.15) is 0 Å². The van der Waals surface area contributed by atoms with Gasteiger partial charge in [-0.15, -0.1) is 0 Å². The number of anilines is 1. The summed E-state index contributed by atoms with van der Waals surface area (Å²) in [5.74, 6) is -0.266. The third-order valence-electron chi connectivity index (χ3n) is 2.75. The molecule has 0 saturated heterocycles. The van der Waals surface area contributed by atoms with Gasteiger partial charge in [0.25, 0.3) is 5.91 Å². The monoisotopic (exact) mass is 302 g/mol. The fraction of sp³-hybridized carbons (Fsp3) is 0. The maximum atomic E-state index is 11.7. The summed E-state index contributed by atoms with van der Waals surface area (Å²) in [6.45, 7) is 0. The second-order valence-electron chi connectivity index (χ2n) is 4.23. The summed E-state index contributed by atoms with van der Waals surface area (Å²) in [5.41, 5.74) is 1.69. The standard InChI is InChI=1S/C13H10N4O3S/c18-11(10-2-1-5-20-10)17-13(21)14-7-3-4-8-9(6-7)16-12(19)15-8/h1-6H,(H2,15,16,19)(H2,14,17,18,21). The lowest BCUT2D eigenvalue weighted by Gasteiger charge is -2.08. The molecule has 0 unspecified atom stereocenters. The summed E-state index contributed by atoms with van der Waals surface area (Å²) in [6, 6.07) is 8.32. The molecule has 0 spiro atoms. The molecule has 1 amide bonds. The van der Waals surface area contributed by atoms with Gasteiger partial charge in [-0.3, -0.25) is 10.1 Å². The lowest BCUT2D eigenvalue weighted by atomic mass is 10.3. The van der Waals surface area contributed by atoms with Crippen LogP contribution in [0.2, 0.25) is 0 Å². The average molecular weight is 302 g/mol. The van der Waals surface area contributed by atoms with Gasteiger partial charge in [-0.25, -0.2) is 4.79 Å². The van der Waals surface area contributed by atoms with Crippen LogP contribution in [0.5, 0.6) is 0 Å². The Labute approximate surface area is 123 Å². The number of amides is 1. The van der Waals surface area contributed by atoms with Crippen molar-refractivity contribution in [1.29, 1.82) is 0 Å². The number of imidazole rings is 1. The molecule has 3 aromatic rings. The van der Waals surface area contributed by atoms with Gasteiger partial charge in [0, 0.05) is 5.69 Å². The predicted octanol–water partition coefficient (Wildman–Crippen LogP) is 1.58. The van der Waals surface area contributed by atoms with Crippen LogP contribution in [-0.4, -0.2) is 21.0 Å². The summed E-state index contributed by atoms with van der Waals surface area (Å²) in [7, 11) is 0. The quantitative estimate of drug-likeness (QED) is 0.538. The Morgan fingerprint density at radius 3 is 2.76 bits per heavy atom. The zero-order valence-electron chi connectivity index (χ0n) is 10.6. The maximum Gasteiger partial charge on any atom is 0.323 e. The van der Waals surface area contributed by atoms with Crippen LogP contribution in [0.15, 0.2) is 45.8 Å². The predicted molar refractivity (Wildman–Crippen MR) is 81.3 cm³/mol. The molecule has 4 N–H and O–H groups in total. The minimum atomic E-state index is -0.436.